The Morgan fingerprint density at radius 2 is 2.05 bits per heavy atom. The van der Waals surface area contributed by atoms with E-state index in [1.165, 1.54) is 12.8 Å². The highest BCUT2D eigenvalue weighted by molar-refractivity contribution is 5.86. The minimum absolute atomic E-state index is 0.121. The predicted octanol–water partition coefficient (Wildman–Crippen LogP) is 3.15. The molecular weight excluding hydrogens is 242 g/mol. The van der Waals surface area contributed by atoms with Crippen molar-refractivity contribution in [2.75, 3.05) is 0 Å². The highest BCUT2D eigenvalue weighted by Gasteiger charge is 2.18. The van der Waals surface area contributed by atoms with E-state index in [-0.39, 0.29) is 5.69 Å². The summed E-state index contributed by atoms with van der Waals surface area (Å²) in [4.78, 5) is 11.1. The van der Waals surface area contributed by atoms with Crippen LogP contribution in [0.25, 0.3) is 0 Å². The number of unbranched alkanes of at least 4 members (excludes halogenated alkanes) is 3. The number of rotatable bonds is 9. The largest absolute Gasteiger partial charge is 0.476 e. The summed E-state index contributed by atoms with van der Waals surface area (Å²) in [6.45, 7) is 7.21. The number of hydrogen-bond acceptors (Lipinski definition) is 3. The molecule has 0 bridgehead atoms. The minimum Gasteiger partial charge on any atom is -0.476 e. The van der Waals surface area contributed by atoms with E-state index in [4.69, 9.17) is 5.11 Å². The summed E-state index contributed by atoms with van der Waals surface area (Å²) in [7, 11) is 0. The topological polar surface area (TPSA) is 68.0 Å². The standard InChI is InChI=1S/C14H25N3O2/c1-4-5-6-7-10-17-12(9-8-11(2)3)13(14(18)19)15-16-17/h11H,4-10H2,1-3H3,(H,18,19). The first-order valence-corrected chi connectivity index (χ1v) is 7.21. The first kappa shape index (κ1) is 15.7. The van der Waals surface area contributed by atoms with Crippen LogP contribution in [0.2, 0.25) is 0 Å². The lowest BCUT2D eigenvalue weighted by Crippen LogP contribution is -2.10. The lowest BCUT2D eigenvalue weighted by Gasteiger charge is -2.08. The van der Waals surface area contributed by atoms with Gasteiger partial charge < -0.3 is 5.11 Å². The quantitative estimate of drug-likeness (QED) is 0.698. The zero-order valence-corrected chi connectivity index (χ0v) is 12.2. The van der Waals surface area contributed by atoms with Gasteiger partial charge in [-0.2, -0.15) is 0 Å². The predicted molar refractivity (Wildman–Crippen MR) is 74.3 cm³/mol. The number of aromatic carboxylic acids is 1. The third kappa shape index (κ3) is 5.01. The van der Waals surface area contributed by atoms with Crippen LogP contribution < -0.4 is 0 Å². The van der Waals surface area contributed by atoms with Crippen molar-refractivity contribution in [2.24, 2.45) is 5.92 Å². The second-order valence-corrected chi connectivity index (χ2v) is 5.41. The molecule has 0 saturated carbocycles. The highest BCUT2D eigenvalue weighted by Crippen LogP contribution is 2.13. The van der Waals surface area contributed by atoms with Gasteiger partial charge in [0.2, 0.25) is 0 Å². The summed E-state index contributed by atoms with van der Waals surface area (Å²) in [5.74, 6) is -0.427. The average molecular weight is 267 g/mol. The summed E-state index contributed by atoms with van der Waals surface area (Å²) in [5, 5.41) is 16.9. The molecule has 108 valence electrons. The average Bonchev–Trinajstić information content (AvgIpc) is 2.75. The summed E-state index contributed by atoms with van der Waals surface area (Å²) in [5.41, 5.74) is 0.897. The fourth-order valence-electron chi connectivity index (χ4n) is 2.04. The molecule has 0 radical (unpaired) electrons. The molecule has 1 aromatic rings. The third-order valence-corrected chi connectivity index (χ3v) is 3.22. The van der Waals surface area contributed by atoms with E-state index in [0.717, 1.165) is 37.9 Å². The fourth-order valence-corrected chi connectivity index (χ4v) is 2.04. The molecule has 0 aliphatic carbocycles. The molecule has 1 N–H and O–H groups in total. The molecule has 0 saturated heterocycles. The van der Waals surface area contributed by atoms with E-state index in [0.29, 0.717) is 5.92 Å². The summed E-state index contributed by atoms with van der Waals surface area (Å²) in [6, 6.07) is 0. The Kier molecular flexibility index (Phi) is 6.53. The van der Waals surface area contributed by atoms with Crippen molar-refractivity contribution >= 4 is 5.97 Å². The van der Waals surface area contributed by atoms with E-state index in [2.05, 4.69) is 31.1 Å². The lowest BCUT2D eigenvalue weighted by atomic mass is 10.1. The molecule has 0 unspecified atom stereocenters. The van der Waals surface area contributed by atoms with Crippen LogP contribution in [-0.4, -0.2) is 26.1 Å². The molecule has 0 aromatic carbocycles. The molecule has 0 spiro atoms. The third-order valence-electron chi connectivity index (χ3n) is 3.22. The van der Waals surface area contributed by atoms with Crippen molar-refractivity contribution in [3.05, 3.63) is 11.4 Å². The van der Waals surface area contributed by atoms with E-state index < -0.39 is 5.97 Å². The molecule has 1 rings (SSSR count). The summed E-state index contributed by atoms with van der Waals surface area (Å²) in [6.07, 6.45) is 6.29. The van der Waals surface area contributed by atoms with Gasteiger partial charge in [-0.05, 0) is 25.2 Å². The molecular formula is C14H25N3O2. The van der Waals surface area contributed by atoms with Gasteiger partial charge in [-0.1, -0.05) is 45.2 Å². The van der Waals surface area contributed by atoms with Crippen molar-refractivity contribution in [3.63, 3.8) is 0 Å². The van der Waals surface area contributed by atoms with Gasteiger partial charge in [0.1, 0.15) is 0 Å². The number of aromatic nitrogens is 3. The molecule has 0 atom stereocenters. The molecule has 0 aliphatic heterocycles. The summed E-state index contributed by atoms with van der Waals surface area (Å²) < 4.78 is 1.78. The van der Waals surface area contributed by atoms with Gasteiger partial charge in [0.15, 0.2) is 5.69 Å². The van der Waals surface area contributed by atoms with Crippen molar-refractivity contribution in [1.82, 2.24) is 15.0 Å². The van der Waals surface area contributed by atoms with Crippen molar-refractivity contribution < 1.29 is 9.90 Å². The maximum Gasteiger partial charge on any atom is 0.358 e. The SMILES string of the molecule is CCCCCCn1nnc(C(=O)O)c1CCC(C)C. The highest BCUT2D eigenvalue weighted by atomic mass is 16.4. The Morgan fingerprint density at radius 1 is 1.32 bits per heavy atom. The molecule has 1 aromatic heterocycles. The maximum atomic E-state index is 11.1. The molecule has 5 heteroatoms. The van der Waals surface area contributed by atoms with Crippen LogP contribution in [-0.2, 0) is 13.0 Å². The van der Waals surface area contributed by atoms with E-state index in [9.17, 15) is 4.79 Å². The Balaban J connectivity index is 2.70. The van der Waals surface area contributed by atoms with Crippen LogP contribution in [0.15, 0.2) is 0 Å². The van der Waals surface area contributed by atoms with E-state index in [1.54, 1.807) is 4.68 Å². The molecule has 0 fully saturated rings. The van der Waals surface area contributed by atoms with E-state index in [1.807, 2.05) is 0 Å². The zero-order chi connectivity index (χ0) is 14.3. The number of carbonyl (C=O) groups is 1. The van der Waals surface area contributed by atoms with Gasteiger partial charge in [-0.3, -0.25) is 0 Å². The van der Waals surface area contributed by atoms with Crippen LogP contribution in [0, 0.1) is 5.92 Å². The fraction of sp³-hybridized carbons (Fsp3) is 0.786. The summed E-state index contributed by atoms with van der Waals surface area (Å²) >= 11 is 0. The molecule has 0 aliphatic rings. The van der Waals surface area contributed by atoms with Crippen molar-refractivity contribution in [1.29, 1.82) is 0 Å². The van der Waals surface area contributed by atoms with Crippen LogP contribution in [0.4, 0.5) is 0 Å². The second-order valence-electron chi connectivity index (χ2n) is 5.41. The van der Waals surface area contributed by atoms with Crippen LogP contribution >= 0.6 is 0 Å². The number of carboxylic acid groups (broad SMARTS) is 1. The Labute approximate surface area is 115 Å². The second kappa shape index (κ2) is 7.92. The van der Waals surface area contributed by atoms with Gasteiger partial charge in [0, 0.05) is 6.54 Å². The van der Waals surface area contributed by atoms with Crippen LogP contribution in [0.1, 0.15) is 69.1 Å². The van der Waals surface area contributed by atoms with Crippen molar-refractivity contribution in [3.8, 4) is 0 Å². The van der Waals surface area contributed by atoms with Gasteiger partial charge >= 0.3 is 5.97 Å². The lowest BCUT2D eigenvalue weighted by molar-refractivity contribution is 0.0689. The van der Waals surface area contributed by atoms with Crippen molar-refractivity contribution in [2.45, 2.75) is 65.8 Å². The van der Waals surface area contributed by atoms with Gasteiger partial charge in [-0.25, -0.2) is 9.48 Å². The number of aryl methyl sites for hydroxylation is 1. The van der Waals surface area contributed by atoms with E-state index >= 15 is 0 Å². The normalized spacial score (nSPS) is 11.2. The van der Waals surface area contributed by atoms with Crippen LogP contribution in [0.3, 0.4) is 0 Å². The van der Waals surface area contributed by atoms with Gasteiger partial charge in [0.05, 0.1) is 5.69 Å². The van der Waals surface area contributed by atoms with Gasteiger partial charge in [-0.15, -0.1) is 5.10 Å². The smallest absolute Gasteiger partial charge is 0.358 e. The zero-order valence-electron chi connectivity index (χ0n) is 12.2. The molecule has 19 heavy (non-hydrogen) atoms. The Morgan fingerprint density at radius 3 is 2.63 bits per heavy atom. The molecule has 0 amide bonds. The first-order chi connectivity index (χ1) is 9.06. The van der Waals surface area contributed by atoms with Gasteiger partial charge in [0.25, 0.3) is 0 Å². The maximum absolute atomic E-state index is 11.1. The minimum atomic E-state index is -0.974. The molecule has 5 nitrogen and oxygen atoms in total. The number of nitrogens with zero attached hydrogens (tertiary/aromatic N) is 3. The molecule has 1 heterocycles. The first-order valence-electron chi connectivity index (χ1n) is 7.21. The Hall–Kier alpha value is -1.39. The number of carboxylic acids is 1. The van der Waals surface area contributed by atoms with Crippen LogP contribution in [0.5, 0.6) is 0 Å². The Bertz CT molecular complexity index is 399. The number of hydrogen-bond donors (Lipinski definition) is 1. The monoisotopic (exact) mass is 267 g/mol.